The molecule has 0 spiro atoms. The predicted molar refractivity (Wildman–Crippen MR) is 92.2 cm³/mol. The fourth-order valence-corrected chi connectivity index (χ4v) is 2.50. The van der Waals surface area contributed by atoms with Crippen molar-refractivity contribution in [1.82, 2.24) is 0 Å². The Labute approximate surface area is 140 Å². The Bertz CT molecular complexity index is 805. The third kappa shape index (κ3) is 3.98. The zero-order valence-corrected chi connectivity index (χ0v) is 13.1. The van der Waals surface area contributed by atoms with Crippen LogP contribution in [0.2, 0.25) is 0 Å². The van der Waals surface area contributed by atoms with Gasteiger partial charge in [-0.05, 0) is 23.3 Å². The van der Waals surface area contributed by atoms with Crippen molar-refractivity contribution in [2.24, 2.45) is 0 Å². The number of amides is 1. The maximum atomic E-state index is 12.0. The van der Waals surface area contributed by atoms with Gasteiger partial charge in [-0.1, -0.05) is 49.0 Å². The van der Waals surface area contributed by atoms with E-state index in [9.17, 15) is 9.59 Å². The van der Waals surface area contributed by atoms with E-state index < -0.39 is 0 Å². The number of cyclic esters (lactones) is 1. The normalized spacial score (nSPS) is 13.4. The zero-order chi connectivity index (χ0) is 16.9. The predicted octanol–water partition coefficient (Wildman–Crippen LogP) is 3.41. The summed E-state index contributed by atoms with van der Waals surface area (Å²) in [5, 5.41) is 2.88. The molecule has 0 saturated heterocycles. The number of allylic oxidation sites excluding steroid dienone is 1. The lowest BCUT2D eigenvalue weighted by atomic mass is 10.0. The van der Waals surface area contributed by atoms with Gasteiger partial charge in [-0.3, -0.25) is 4.79 Å². The highest BCUT2D eigenvalue weighted by atomic mass is 16.5. The van der Waals surface area contributed by atoms with Gasteiger partial charge in [-0.25, -0.2) is 4.79 Å². The number of ether oxygens (including phenoxy) is 1. The number of anilines is 1. The molecule has 4 heteroatoms. The summed E-state index contributed by atoms with van der Waals surface area (Å²) < 4.78 is 4.90. The number of benzene rings is 2. The molecular formula is C20H17NO3. The molecule has 0 radical (unpaired) electrons. The van der Waals surface area contributed by atoms with Crippen LogP contribution in [0.25, 0.3) is 0 Å². The molecule has 24 heavy (non-hydrogen) atoms. The summed E-state index contributed by atoms with van der Waals surface area (Å²) in [6.07, 6.45) is 2.37. The van der Waals surface area contributed by atoms with Crippen LogP contribution in [0.5, 0.6) is 0 Å². The van der Waals surface area contributed by atoms with Gasteiger partial charge >= 0.3 is 5.97 Å². The van der Waals surface area contributed by atoms with E-state index in [1.54, 1.807) is 0 Å². The van der Waals surface area contributed by atoms with Gasteiger partial charge in [0.25, 0.3) is 0 Å². The molecule has 1 aliphatic heterocycles. The van der Waals surface area contributed by atoms with Crippen molar-refractivity contribution in [2.75, 3.05) is 5.32 Å². The monoisotopic (exact) mass is 319 g/mol. The summed E-state index contributed by atoms with van der Waals surface area (Å²) >= 11 is 0. The summed E-state index contributed by atoms with van der Waals surface area (Å²) in [6.45, 7) is 3.71. The molecule has 0 unspecified atom stereocenters. The Morgan fingerprint density at radius 3 is 2.33 bits per heavy atom. The van der Waals surface area contributed by atoms with Crippen LogP contribution in [0.15, 0.2) is 78.6 Å². The topological polar surface area (TPSA) is 55.4 Å². The largest absolute Gasteiger partial charge is 0.424 e. The van der Waals surface area contributed by atoms with Crippen LogP contribution >= 0.6 is 0 Å². The van der Waals surface area contributed by atoms with Crippen molar-refractivity contribution in [3.05, 3.63) is 89.7 Å². The van der Waals surface area contributed by atoms with Crippen molar-refractivity contribution < 1.29 is 14.3 Å². The van der Waals surface area contributed by atoms with Crippen molar-refractivity contribution in [2.45, 2.75) is 12.8 Å². The van der Waals surface area contributed by atoms with E-state index in [0.29, 0.717) is 18.6 Å². The zero-order valence-electron chi connectivity index (χ0n) is 13.1. The standard InChI is InChI=1S/C20H17NO3/c1-14-17(13-20(23)24-14)11-16-7-9-18(10-8-16)21-19(22)12-15-5-3-2-4-6-15/h2-10,13H,1,11-12H2,(H,21,22). The maximum absolute atomic E-state index is 12.0. The summed E-state index contributed by atoms with van der Waals surface area (Å²) in [7, 11) is 0. The molecule has 3 rings (SSSR count). The van der Waals surface area contributed by atoms with Crippen LogP contribution in [0.1, 0.15) is 11.1 Å². The fourth-order valence-electron chi connectivity index (χ4n) is 2.50. The highest BCUT2D eigenvalue weighted by Gasteiger charge is 2.18. The van der Waals surface area contributed by atoms with E-state index in [1.165, 1.54) is 6.08 Å². The van der Waals surface area contributed by atoms with Crippen LogP contribution in [0.3, 0.4) is 0 Å². The van der Waals surface area contributed by atoms with E-state index in [0.717, 1.165) is 22.4 Å². The molecule has 0 aromatic heterocycles. The number of carbonyl (C=O) groups is 2. The highest BCUT2D eigenvalue weighted by molar-refractivity contribution is 5.92. The molecule has 0 aliphatic carbocycles. The minimum absolute atomic E-state index is 0.0557. The molecule has 120 valence electrons. The third-order valence-corrected chi connectivity index (χ3v) is 3.71. The van der Waals surface area contributed by atoms with Gasteiger partial charge in [0, 0.05) is 23.8 Å². The molecule has 0 atom stereocenters. The lowest BCUT2D eigenvalue weighted by molar-refractivity contribution is -0.132. The first-order valence-electron chi connectivity index (χ1n) is 7.64. The Hall–Kier alpha value is -3.14. The van der Waals surface area contributed by atoms with Crippen molar-refractivity contribution in [1.29, 1.82) is 0 Å². The van der Waals surface area contributed by atoms with Crippen LogP contribution < -0.4 is 5.32 Å². The summed E-state index contributed by atoms with van der Waals surface area (Å²) in [5.74, 6) is -0.0279. The molecule has 1 amide bonds. The van der Waals surface area contributed by atoms with Gasteiger partial charge < -0.3 is 10.1 Å². The van der Waals surface area contributed by atoms with E-state index >= 15 is 0 Å². The number of carbonyl (C=O) groups excluding carboxylic acids is 2. The van der Waals surface area contributed by atoms with Gasteiger partial charge in [0.15, 0.2) is 0 Å². The molecule has 1 aliphatic rings. The highest BCUT2D eigenvalue weighted by Crippen LogP contribution is 2.22. The minimum atomic E-state index is -0.375. The van der Waals surface area contributed by atoms with Gasteiger partial charge in [0.1, 0.15) is 5.76 Å². The lowest BCUT2D eigenvalue weighted by Gasteiger charge is -2.07. The van der Waals surface area contributed by atoms with Crippen LogP contribution in [-0.4, -0.2) is 11.9 Å². The van der Waals surface area contributed by atoms with E-state index in [1.807, 2.05) is 54.6 Å². The Morgan fingerprint density at radius 2 is 1.71 bits per heavy atom. The quantitative estimate of drug-likeness (QED) is 0.859. The van der Waals surface area contributed by atoms with Gasteiger partial charge in [0.2, 0.25) is 5.91 Å². The van der Waals surface area contributed by atoms with E-state index in [4.69, 9.17) is 4.74 Å². The van der Waals surface area contributed by atoms with Gasteiger partial charge in [0.05, 0.1) is 6.42 Å². The molecule has 1 N–H and O–H groups in total. The Kier molecular flexibility index (Phi) is 4.57. The van der Waals surface area contributed by atoms with E-state index in [-0.39, 0.29) is 11.9 Å². The summed E-state index contributed by atoms with van der Waals surface area (Å²) in [4.78, 5) is 23.2. The van der Waals surface area contributed by atoms with Crippen molar-refractivity contribution >= 4 is 17.6 Å². The summed E-state index contributed by atoms with van der Waals surface area (Å²) in [6, 6.07) is 17.1. The number of hydrogen-bond donors (Lipinski definition) is 1. The molecule has 0 bridgehead atoms. The smallest absolute Gasteiger partial charge is 0.336 e. The average Bonchev–Trinajstić information content (AvgIpc) is 2.87. The van der Waals surface area contributed by atoms with E-state index in [2.05, 4.69) is 11.9 Å². The molecule has 0 fully saturated rings. The first-order chi connectivity index (χ1) is 11.6. The molecule has 2 aromatic rings. The van der Waals surface area contributed by atoms with Crippen LogP contribution in [0, 0.1) is 0 Å². The SMILES string of the molecule is C=C1OC(=O)C=C1Cc1ccc(NC(=O)Cc2ccccc2)cc1. The number of hydrogen-bond acceptors (Lipinski definition) is 3. The molecular weight excluding hydrogens is 302 g/mol. The molecule has 0 saturated carbocycles. The Morgan fingerprint density at radius 1 is 1.00 bits per heavy atom. The minimum Gasteiger partial charge on any atom is -0.424 e. The van der Waals surface area contributed by atoms with Crippen molar-refractivity contribution in [3.8, 4) is 0 Å². The number of esters is 1. The first kappa shape index (κ1) is 15.7. The second kappa shape index (κ2) is 6.96. The first-order valence-corrected chi connectivity index (χ1v) is 7.64. The second-order valence-corrected chi connectivity index (χ2v) is 5.60. The maximum Gasteiger partial charge on any atom is 0.336 e. The lowest BCUT2D eigenvalue weighted by Crippen LogP contribution is -2.14. The Balaban J connectivity index is 1.58. The molecule has 4 nitrogen and oxygen atoms in total. The molecule has 2 aromatic carbocycles. The van der Waals surface area contributed by atoms with Crippen LogP contribution in [0.4, 0.5) is 5.69 Å². The fraction of sp³-hybridized carbons (Fsp3) is 0.100. The van der Waals surface area contributed by atoms with Gasteiger partial charge in [-0.15, -0.1) is 0 Å². The van der Waals surface area contributed by atoms with Crippen molar-refractivity contribution in [3.63, 3.8) is 0 Å². The van der Waals surface area contributed by atoms with Crippen LogP contribution in [-0.2, 0) is 27.2 Å². The number of rotatable bonds is 5. The molecule has 1 heterocycles. The number of nitrogens with one attached hydrogen (secondary N) is 1. The summed E-state index contributed by atoms with van der Waals surface area (Å²) in [5.41, 5.74) is 3.51. The average molecular weight is 319 g/mol. The second-order valence-electron chi connectivity index (χ2n) is 5.60. The third-order valence-electron chi connectivity index (χ3n) is 3.71. The van der Waals surface area contributed by atoms with Gasteiger partial charge in [-0.2, -0.15) is 0 Å².